The molecule has 142 valence electrons. The van der Waals surface area contributed by atoms with Crippen LogP contribution in [0.2, 0.25) is 0 Å². The maximum atomic E-state index is 13.1. The number of hydrogen-bond acceptors (Lipinski definition) is 3. The Hall–Kier alpha value is -3.21. The van der Waals surface area contributed by atoms with Crippen LogP contribution in [0.25, 0.3) is 11.3 Å². The van der Waals surface area contributed by atoms with E-state index in [2.05, 4.69) is 17.2 Å². The zero-order valence-corrected chi connectivity index (χ0v) is 16.1. The summed E-state index contributed by atoms with van der Waals surface area (Å²) in [5, 5.41) is 4.49. The van der Waals surface area contributed by atoms with E-state index in [9.17, 15) is 9.59 Å². The second-order valence-corrected chi connectivity index (χ2v) is 7.32. The standard InChI is InChI=1S/C23H23N3O2/c1-16-7-9-19(10-8-16)21-11-12-22(27)26(24-21)17(2)23(28)25-14-13-18-5-3-4-6-20(18)15-25/h3-12,17H,13-15H2,1-2H3. The Bertz CT molecular complexity index is 1070. The highest BCUT2D eigenvalue weighted by molar-refractivity contribution is 5.80. The third-order valence-corrected chi connectivity index (χ3v) is 5.34. The number of benzene rings is 2. The van der Waals surface area contributed by atoms with Gasteiger partial charge in [-0.25, -0.2) is 4.68 Å². The van der Waals surface area contributed by atoms with Crippen molar-refractivity contribution in [1.82, 2.24) is 14.7 Å². The molecule has 0 saturated heterocycles. The molecule has 0 spiro atoms. The van der Waals surface area contributed by atoms with Crippen LogP contribution >= 0.6 is 0 Å². The van der Waals surface area contributed by atoms with Crippen LogP contribution in [-0.2, 0) is 17.8 Å². The average Bonchev–Trinajstić information content (AvgIpc) is 2.73. The van der Waals surface area contributed by atoms with Crippen LogP contribution in [0.15, 0.2) is 65.5 Å². The van der Waals surface area contributed by atoms with Gasteiger partial charge in [-0.2, -0.15) is 5.10 Å². The first kappa shape index (κ1) is 18.2. The number of amides is 1. The van der Waals surface area contributed by atoms with Gasteiger partial charge in [0.2, 0.25) is 5.91 Å². The quantitative estimate of drug-likeness (QED) is 0.707. The molecule has 0 bridgehead atoms. The van der Waals surface area contributed by atoms with E-state index >= 15 is 0 Å². The first-order valence-corrected chi connectivity index (χ1v) is 9.55. The summed E-state index contributed by atoms with van der Waals surface area (Å²) in [5.74, 6) is -0.0786. The van der Waals surface area contributed by atoms with Crippen molar-refractivity contribution in [3.8, 4) is 11.3 Å². The minimum Gasteiger partial charge on any atom is -0.336 e. The van der Waals surface area contributed by atoms with Crippen molar-refractivity contribution in [2.45, 2.75) is 32.9 Å². The van der Waals surface area contributed by atoms with Crippen LogP contribution in [0.3, 0.4) is 0 Å². The van der Waals surface area contributed by atoms with Gasteiger partial charge in [0, 0.05) is 24.7 Å². The summed E-state index contributed by atoms with van der Waals surface area (Å²) in [6.45, 7) is 5.00. The Morgan fingerprint density at radius 2 is 1.71 bits per heavy atom. The predicted molar refractivity (Wildman–Crippen MR) is 109 cm³/mol. The fraction of sp³-hybridized carbons (Fsp3) is 0.261. The molecule has 5 nitrogen and oxygen atoms in total. The van der Waals surface area contributed by atoms with Gasteiger partial charge in [0.05, 0.1) is 5.69 Å². The predicted octanol–water partition coefficient (Wildman–Crippen LogP) is 3.36. The van der Waals surface area contributed by atoms with Crippen molar-refractivity contribution in [3.05, 3.63) is 87.7 Å². The van der Waals surface area contributed by atoms with Crippen molar-refractivity contribution in [2.75, 3.05) is 6.54 Å². The molecule has 4 rings (SSSR count). The van der Waals surface area contributed by atoms with E-state index in [1.807, 2.05) is 48.2 Å². The van der Waals surface area contributed by atoms with E-state index in [0.29, 0.717) is 18.8 Å². The summed E-state index contributed by atoms with van der Waals surface area (Å²) in [4.78, 5) is 27.3. The highest BCUT2D eigenvalue weighted by atomic mass is 16.2. The number of aromatic nitrogens is 2. The van der Waals surface area contributed by atoms with Gasteiger partial charge in [-0.3, -0.25) is 9.59 Å². The molecular weight excluding hydrogens is 350 g/mol. The maximum Gasteiger partial charge on any atom is 0.267 e. The van der Waals surface area contributed by atoms with E-state index in [4.69, 9.17) is 0 Å². The molecule has 1 atom stereocenters. The number of carbonyl (C=O) groups is 1. The zero-order valence-electron chi connectivity index (χ0n) is 16.1. The number of aryl methyl sites for hydroxylation is 1. The number of carbonyl (C=O) groups excluding carboxylic acids is 1. The third-order valence-electron chi connectivity index (χ3n) is 5.34. The fourth-order valence-electron chi connectivity index (χ4n) is 3.63. The van der Waals surface area contributed by atoms with E-state index in [1.165, 1.54) is 21.9 Å². The van der Waals surface area contributed by atoms with Gasteiger partial charge in [-0.05, 0) is 37.5 Å². The van der Waals surface area contributed by atoms with Crippen LogP contribution in [0.4, 0.5) is 0 Å². The summed E-state index contributed by atoms with van der Waals surface area (Å²) in [5.41, 5.74) is 4.95. The molecule has 2 aromatic carbocycles. The molecule has 28 heavy (non-hydrogen) atoms. The maximum absolute atomic E-state index is 13.1. The van der Waals surface area contributed by atoms with Gasteiger partial charge >= 0.3 is 0 Å². The van der Waals surface area contributed by atoms with Gasteiger partial charge in [0.1, 0.15) is 6.04 Å². The van der Waals surface area contributed by atoms with Crippen molar-refractivity contribution in [2.24, 2.45) is 0 Å². The first-order chi connectivity index (χ1) is 13.5. The summed E-state index contributed by atoms with van der Waals surface area (Å²) >= 11 is 0. The van der Waals surface area contributed by atoms with Crippen molar-refractivity contribution in [3.63, 3.8) is 0 Å². The molecule has 1 aliphatic heterocycles. The topological polar surface area (TPSA) is 55.2 Å². The first-order valence-electron chi connectivity index (χ1n) is 9.55. The Morgan fingerprint density at radius 1 is 1.00 bits per heavy atom. The lowest BCUT2D eigenvalue weighted by Crippen LogP contribution is -2.42. The van der Waals surface area contributed by atoms with Gasteiger partial charge < -0.3 is 4.90 Å². The molecule has 1 aliphatic rings. The number of fused-ring (bicyclic) bond motifs is 1. The Labute approximate surface area is 164 Å². The molecule has 2 heterocycles. The molecule has 0 N–H and O–H groups in total. The van der Waals surface area contributed by atoms with Crippen LogP contribution in [-0.4, -0.2) is 27.1 Å². The molecular formula is C23H23N3O2. The number of hydrogen-bond donors (Lipinski definition) is 0. The molecule has 5 heteroatoms. The Morgan fingerprint density at radius 3 is 2.46 bits per heavy atom. The molecule has 1 unspecified atom stereocenters. The SMILES string of the molecule is Cc1ccc(-c2ccc(=O)n(C(C)C(=O)N3CCc4ccccc4C3)n2)cc1. The Balaban J connectivity index is 1.60. The summed E-state index contributed by atoms with van der Waals surface area (Å²) in [7, 11) is 0. The molecule has 3 aromatic rings. The second-order valence-electron chi connectivity index (χ2n) is 7.32. The summed E-state index contributed by atoms with van der Waals surface area (Å²) < 4.78 is 1.30. The summed E-state index contributed by atoms with van der Waals surface area (Å²) in [6, 6.07) is 18.7. The van der Waals surface area contributed by atoms with E-state index in [-0.39, 0.29) is 11.5 Å². The summed E-state index contributed by atoms with van der Waals surface area (Å²) in [6.07, 6.45) is 0.834. The monoisotopic (exact) mass is 373 g/mol. The van der Waals surface area contributed by atoms with Gasteiger partial charge in [-0.15, -0.1) is 0 Å². The minimum absolute atomic E-state index is 0.0786. The lowest BCUT2D eigenvalue weighted by atomic mass is 9.99. The smallest absolute Gasteiger partial charge is 0.267 e. The third kappa shape index (κ3) is 3.48. The van der Waals surface area contributed by atoms with E-state index in [0.717, 1.165) is 17.5 Å². The van der Waals surface area contributed by atoms with Gasteiger partial charge in [0.25, 0.3) is 5.56 Å². The normalized spacial score (nSPS) is 14.4. The molecule has 0 radical (unpaired) electrons. The average molecular weight is 373 g/mol. The van der Waals surface area contributed by atoms with Crippen molar-refractivity contribution in [1.29, 1.82) is 0 Å². The van der Waals surface area contributed by atoms with Gasteiger partial charge in [0.15, 0.2) is 0 Å². The molecule has 0 aliphatic carbocycles. The molecule has 0 fully saturated rings. The minimum atomic E-state index is -0.650. The molecule has 1 amide bonds. The van der Waals surface area contributed by atoms with Gasteiger partial charge in [-0.1, -0.05) is 54.1 Å². The van der Waals surface area contributed by atoms with Crippen molar-refractivity contribution < 1.29 is 4.79 Å². The molecule has 1 aromatic heterocycles. The Kier molecular flexibility index (Phi) is 4.82. The highest BCUT2D eigenvalue weighted by Crippen LogP contribution is 2.21. The highest BCUT2D eigenvalue weighted by Gasteiger charge is 2.26. The largest absolute Gasteiger partial charge is 0.336 e. The van der Waals surface area contributed by atoms with E-state index < -0.39 is 6.04 Å². The van der Waals surface area contributed by atoms with Crippen LogP contribution in [0.1, 0.15) is 29.7 Å². The lowest BCUT2D eigenvalue weighted by molar-refractivity contribution is -0.135. The van der Waals surface area contributed by atoms with E-state index in [1.54, 1.807) is 13.0 Å². The number of nitrogens with zero attached hydrogens (tertiary/aromatic N) is 3. The lowest BCUT2D eigenvalue weighted by Gasteiger charge is -2.31. The fourth-order valence-corrected chi connectivity index (χ4v) is 3.63. The van der Waals surface area contributed by atoms with Crippen molar-refractivity contribution >= 4 is 5.91 Å². The second kappa shape index (κ2) is 7.43. The van der Waals surface area contributed by atoms with Crippen LogP contribution in [0.5, 0.6) is 0 Å². The van der Waals surface area contributed by atoms with Crippen LogP contribution in [0, 0.1) is 6.92 Å². The molecule has 0 saturated carbocycles. The van der Waals surface area contributed by atoms with Crippen LogP contribution < -0.4 is 5.56 Å². The number of rotatable bonds is 3. The zero-order chi connectivity index (χ0) is 19.7.